The Bertz CT molecular complexity index is 1240. The van der Waals surface area contributed by atoms with Gasteiger partial charge < -0.3 is 15.8 Å². The van der Waals surface area contributed by atoms with Crippen LogP contribution in [0.4, 0.5) is 14.5 Å². The third-order valence-corrected chi connectivity index (χ3v) is 6.64. The Morgan fingerprint density at radius 1 is 1.30 bits per heavy atom. The number of pyridine rings is 1. The summed E-state index contributed by atoms with van der Waals surface area (Å²) in [5.74, 6) is -4.39. The Morgan fingerprint density at radius 3 is 2.52 bits per heavy atom. The molecule has 3 N–H and O–H groups in total. The SMILES string of the molecule is [B]C([B])([B])Oc1ccc(C(=O)Nc2cc(F)c(F)c([C@]3(C)CS(=O)(=O)N(C)C(N)=N3)c2)nc1. The lowest BCUT2D eigenvalue weighted by molar-refractivity contribution is 0.102. The monoisotopic (exact) mass is 469 g/mol. The molecule has 1 aliphatic rings. The molecule has 1 aliphatic heterocycles. The Morgan fingerprint density at radius 2 is 1.97 bits per heavy atom. The van der Waals surface area contributed by atoms with Gasteiger partial charge in [0.25, 0.3) is 5.91 Å². The number of carbonyl (C=O) groups is 1. The van der Waals surface area contributed by atoms with E-state index in [-0.39, 0.29) is 23.1 Å². The van der Waals surface area contributed by atoms with Gasteiger partial charge in [-0.1, -0.05) is 0 Å². The molecule has 0 aliphatic carbocycles. The number of nitrogens with one attached hydrogen (secondary N) is 1. The van der Waals surface area contributed by atoms with Gasteiger partial charge >= 0.3 is 0 Å². The van der Waals surface area contributed by atoms with Crippen molar-refractivity contribution in [2.75, 3.05) is 18.1 Å². The van der Waals surface area contributed by atoms with Gasteiger partial charge in [0.2, 0.25) is 16.0 Å². The summed E-state index contributed by atoms with van der Waals surface area (Å²) in [4.78, 5) is 20.4. The Kier molecular flexibility index (Phi) is 6.22. The summed E-state index contributed by atoms with van der Waals surface area (Å²) in [5, 5.41) is 0.421. The number of benzene rings is 1. The number of nitrogens with zero attached hydrogens (tertiary/aromatic N) is 3. The number of rotatable bonds is 5. The molecule has 15 heteroatoms. The Balaban J connectivity index is 1.91. The Labute approximate surface area is 193 Å². The number of halogens is 2. The van der Waals surface area contributed by atoms with Gasteiger partial charge in [-0.3, -0.25) is 4.79 Å². The van der Waals surface area contributed by atoms with Crippen LogP contribution in [0.15, 0.2) is 35.5 Å². The van der Waals surface area contributed by atoms with Crippen LogP contribution in [0.5, 0.6) is 5.75 Å². The number of nitrogens with two attached hydrogens (primary N) is 1. The van der Waals surface area contributed by atoms with E-state index >= 15 is 0 Å². The summed E-state index contributed by atoms with van der Waals surface area (Å²) < 4.78 is 59.5. The standard InChI is InChI=1S/C18H16B3F2N5O4S/c1-17(8-33(30,31)28(2)16(24)27-17)11-5-9(6-12(22)14(11)23)26-15(29)13-4-3-10(7-25-13)32-18(19,20)21/h3-7H,8H2,1-2H3,(H2,24,27)(H,26,29)/t17-/m0/s1. The van der Waals surface area contributed by atoms with E-state index in [0.717, 1.165) is 22.6 Å². The summed E-state index contributed by atoms with van der Waals surface area (Å²) in [7, 11) is 13.2. The van der Waals surface area contributed by atoms with Crippen molar-refractivity contribution in [2.24, 2.45) is 10.7 Å². The van der Waals surface area contributed by atoms with E-state index < -0.39 is 49.7 Å². The van der Waals surface area contributed by atoms with Crippen LogP contribution in [0.3, 0.4) is 0 Å². The normalized spacial score (nSPS) is 20.1. The molecule has 0 fully saturated rings. The van der Waals surface area contributed by atoms with Gasteiger partial charge in [0, 0.05) is 24.4 Å². The van der Waals surface area contributed by atoms with E-state index in [4.69, 9.17) is 34.0 Å². The van der Waals surface area contributed by atoms with E-state index in [1.807, 2.05) is 0 Å². The van der Waals surface area contributed by atoms with Crippen LogP contribution in [0.25, 0.3) is 0 Å². The summed E-state index contributed by atoms with van der Waals surface area (Å²) in [5.41, 5.74) is 3.26. The van der Waals surface area contributed by atoms with Crippen LogP contribution in [0.1, 0.15) is 23.0 Å². The minimum atomic E-state index is -3.94. The van der Waals surface area contributed by atoms with Crippen LogP contribution in [-0.2, 0) is 15.6 Å². The number of carbonyl (C=O) groups excluding carboxylic acids is 1. The van der Waals surface area contributed by atoms with Gasteiger partial charge in [-0.25, -0.2) is 31.5 Å². The van der Waals surface area contributed by atoms with Gasteiger partial charge in [-0.2, -0.15) is 0 Å². The molecule has 0 unspecified atom stereocenters. The molecule has 0 saturated carbocycles. The first kappa shape index (κ1) is 24.6. The number of guanidine groups is 1. The number of hydrogen-bond donors (Lipinski definition) is 2. The van der Waals surface area contributed by atoms with Crippen LogP contribution in [-0.4, -0.2) is 71.2 Å². The molecule has 0 spiro atoms. The lowest BCUT2D eigenvalue weighted by Gasteiger charge is -2.34. The van der Waals surface area contributed by atoms with Crippen molar-refractivity contribution >= 4 is 51.1 Å². The maximum atomic E-state index is 14.7. The molecule has 0 bridgehead atoms. The fourth-order valence-corrected chi connectivity index (χ4v) is 4.57. The topological polar surface area (TPSA) is 127 Å². The number of amides is 1. The molecule has 2 aromatic rings. The smallest absolute Gasteiger partial charge is 0.274 e. The van der Waals surface area contributed by atoms with Crippen LogP contribution in [0, 0.1) is 11.6 Å². The zero-order valence-corrected chi connectivity index (χ0v) is 18.4. The Hall–Kier alpha value is -3.09. The summed E-state index contributed by atoms with van der Waals surface area (Å²) in [6.07, 6.45) is 1.13. The number of anilines is 1. The molecule has 1 aromatic carbocycles. The number of hydrogen-bond acceptors (Lipinski definition) is 7. The number of aliphatic imine (C=N–C) groups is 1. The molecule has 1 aromatic heterocycles. The first-order valence-electron chi connectivity index (χ1n) is 9.26. The minimum absolute atomic E-state index is 0.0843. The van der Waals surface area contributed by atoms with Gasteiger partial charge in [-0.15, -0.1) is 0 Å². The highest BCUT2D eigenvalue weighted by Crippen LogP contribution is 2.35. The number of aromatic nitrogens is 1. The minimum Gasteiger partial charge on any atom is -0.514 e. The van der Waals surface area contributed by atoms with E-state index in [1.165, 1.54) is 26.1 Å². The lowest BCUT2D eigenvalue weighted by atomic mass is 9.52. The third kappa shape index (κ3) is 5.29. The molecule has 6 radical (unpaired) electrons. The first-order chi connectivity index (χ1) is 15.1. The summed E-state index contributed by atoms with van der Waals surface area (Å²) in [6.45, 7) is 1.29. The highest BCUT2D eigenvalue weighted by Gasteiger charge is 2.42. The van der Waals surface area contributed by atoms with Gasteiger partial charge in [0.15, 0.2) is 11.6 Å². The first-order valence-corrected chi connectivity index (χ1v) is 10.9. The zero-order valence-electron chi connectivity index (χ0n) is 17.5. The van der Waals surface area contributed by atoms with E-state index in [9.17, 15) is 22.0 Å². The van der Waals surface area contributed by atoms with Gasteiger partial charge in [-0.05, 0) is 30.4 Å². The predicted octanol–water partition coefficient (Wildman–Crippen LogP) is -0.0872. The van der Waals surface area contributed by atoms with Crippen molar-refractivity contribution < 1.29 is 26.7 Å². The van der Waals surface area contributed by atoms with Crippen molar-refractivity contribution in [3.8, 4) is 5.75 Å². The maximum absolute atomic E-state index is 14.7. The van der Waals surface area contributed by atoms with Crippen LogP contribution in [0.2, 0.25) is 0 Å². The molecular formula is C18H16B3F2N5O4S. The second-order valence-corrected chi connectivity index (χ2v) is 9.58. The average Bonchev–Trinajstić information content (AvgIpc) is 2.67. The highest BCUT2D eigenvalue weighted by atomic mass is 32.2. The van der Waals surface area contributed by atoms with Gasteiger partial charge in [0.1, 0.15) is 40.5 Å². The molecule has 2 heterocycles. The molecule has 9 nitrogen and oxygen atoms in total. The fraction of sp³-hybridized carbons (Fsp3) is 0.278. The number of sulfonamides is 1. The summed E-state index contributed by atoms with van der Waals surface area (Å²) in [6, 6.07) is 4.39. The molecule has 1 amide bonds. The van der Waals surface area contributed by atoms with Crippen LogP contribution < -0.4 is 15.8 Å². The lowest BCUT2D eigenvalue weighted by Crippen LogP contribution is -2.50. The van der Waals surface area contributed by atoms with Crippen molar-refractivity contribution in [3.05, 3.63) is 53.4 Å². The molecule has 1 atom stereocenters. The second kappa shape index (κ2) is 8.36. The zero-order chi connectivity index (χ0) is 24.8. The molecule has 33 heavy (non-hydrogen) atoms. The fourth-order valence-electron chi connectivity index (χ4n) is 3.12. The molecule has 3 rings (SSSR count). The maximum Gasteiger partial charge on any atom is 0.274 e. The second-order valence-electron chi connectivity index (χ2n) is 7.58. The third-order valence-electron chi connectivity index (χ3n) is 4.69. The van der Waals surface area contributed by atoms with Crippen molar-refractivity contribution in [2.45, 2.75) is 17.8 Å². The van der Waals surface area contributed by atoms with Crippen LogP contribution >= 0.6 is 0 Å². The average molecular weight is 469 g/mol. The van der Waals surface area contributed by atoms with Crippen molar-refractivity contribution in [1.29, 1.82) is 0 Å². The van der Waals surface area contributed by atoms with E-state index in [2.05, 4.69) is 15.3 Å². The largest absolute Gasteiger partial charge is 0.514 e. The molecule has 0 saturated heterocycles. The predicted molar refractivity (Wildman–Crippen MR) is 120 cm³/mol. The molecular weight excluding hydrogens is 453 g/mol. The van der Waals surface area contributed by atoms with Crippen molar-refractivity contribution in [1.82, 2.24) is 9.29 Å². The van der Waals surface area contributed by atoms with E-state index in [0.29, 0.717) is 0 Å². The quantitative estimate of drug-likeness (QED) is 0.591. The molecule has 166 valence electrons. The van der Waals surface area contributed by atoms with Crippen molar-refractivity contribution in [3.63, 3.8) is 0 Å². The number of ether oxygens (including phenoxy) is 1. The van der Waals surface area contributed by atoms with E-state index in [1.54, 1.807) is 0 Å². The van der Waals surface area contributed by atoms with Gasteiger partial charge in [0.05, 0.1) is 11.9 Å². The summed E-state index contributed by atoms with van der Waals surface area (Å²) >= 11 is 0. The highest BCUT2D eigenvalue weighted by molar-refractivity contribution is 7.89.